The van der Waals surface area contributed by atoms with Gasteiger partial charge in [-0.25, -0.2) is 0 Å². The summed E-state index contributed by atoms with van der Waals surface area (Å²) in [5, 5.41) is 9.05. The first-order chi connectivity index (χ1) is 8.31. The van der Waals surface area contributed by atoms with Gasteiger partial charge in [0.1, 0.15) is 5.60 Å². The Labute approximate surface area is 117 Å². The molecule has 0 saturated heterocycles. The van der Waals surface area contributed by atoms with Crippen LogP contribution in [0.4, 0.5) is 0 Å². The molecule has 0 heterocycles. The van der Waals surface area contributed by atoms with Crippen molar-refractivity contribution in [1.29, 1.82) is 0 Å². The van der Waals surface area contributed by atoms with Crippen molar-refractivity contribution in [3.05, 3.63) is 0 Å². The van der Waals surface area contributed by atoms with Gasteiger partial charge in [-0.15, -0.1) is 0 Å². The molecule has 19 heavy (non-hydrogen) atoms. The van der Waals surface area contributed by atoms with Crippen LogP contribution < -0.4 is 0 Å². The van der Waals surface area contributed by atoms with Crippen LogP contribution in [0.2, 0.25) is 0 Å². The van der Waals surface area contributed by atoms with Gasteiger partial charge in [0.25, 0.3) is 0 Å². The molecule has 1 aliphatic carbocycles. The number of esters is 1. The summed E-state index contributed by atoms with van der Waals surface area (Å²) < 4.78 is 5.26. The van der Waals surface area contributed by atoms with E-state index in [9.17, 15) is 9.59 Å². The Balaban J connectivity index is 0. The quantitative estimate of drug-likeness (QED) is 0.776. The Morgan fingerprint density at radius 3 is 1.84 bits per heavy atom. The normalized spacial score (nSPS) is 22.4. The van der Waals surface area contributed by atoms with Crippen LogP contribution in [0.25, 0.3) is 0 Å². The molecule has 0 aromatic heterocycles. The van der Waals surface area contributed by atoms with E-state index in [2.05, 4.69) is 0 Å². The van der Waals surface area contributed by atoms with Crippen molar-refractivity contribution >= 4 is 11.9 Å². The summed E-state index contributed by atoms with van der Waals surface area (Å²) in [5.41, 5.74) is -0.544. The Bertz CT molecular complexity index is 278. The van der Waals surface area contributed by atoms with Gasteiger partial charge in [-0.05, 0) is 33.6 Å². The van der Waals surface area contributed by atoms with Gasteiger partial charge in [0, 0.05) is 0 Å². The average molecular weight is 274 g/mol. The lowest BCUT2D eigenvalue weighted by atomic mass is 9.79. The van der Waals surface area contributed by atoms with Crippen LogP contribution in [-0.4, -0.2) is 22.6 Å². The standard InChI is InChI=1S/C12H20O4.C2H6.CH4/c1-12(2,3)16-11(15)9-7-5-4-6-8(9)10(13)14;1-2;/h8-9H,4-7H2,1-3H3,(H,13,14);1-2H3;1H4. The first-order valence-electron chi connectivity index (χ1n) is 6.77. The van der Waals surface area contributed by atoms with Gasteiger partial charge in [-0.2, -0.15) is 0 Å². The fourth-order valence-corrected chi connectivity index (χ4v) is 2.09. The number of carboxylic acids is 1. The van der Waals surface area contributed by atoms with Gasteiger partial charge >= 0.3 is 11.9 Å². The summed E-state index contributed by atoms with van der Waals surface area (Å²) >= 11 is 0. The van der Waals surface area contributed by atoms with Crippen LogP contribution in [0.3, 0.4) is 0 Å². The smallest absolute Gasteiger partial charge is 0.310 e. The maximum atomic E-state index is 11.8. The number of carbonyl (C=O) groups is 2. The minimum atomic E-state index is -0.879. The lowest BCUT2D eigenvalue weighted by molar-refractivity contribution is -0.168. The Kier molecular flexibility index (Phi) is 9.54. The maximum Gasteiger partial charge on any atom is 0.310 e. The van der Waals surface area contributed by atoms with Crippen molar-refractivity contribution in [2.45, 2.75) is 73.3 Å². The van der Waals surface area contributed by atoms with Gasteiger partial charge in [0.2, 0.25) is 0 Å². The lowest BCUT2D eigenvalue weighted by Crippen LogP contribution is -2.37. The fraction of sp³-hybridized carbons (Fsp3) is 0.867. The van der Waals surface area contributed by atoms with Crippen LogP contribution in [-0.2, 0) is 14.3 Å². The van der Waals surface area contributed by atoms with Gasteiger partial charge in [0.15, 0.2) is 0 Å². The van der Waals surface area contributed by atoms with Gasteiger partial charge in [-0.3, -0.25) is 9.59 Å². The zero-order chi connectivity index (χ0) is 14.3. The van der Waals surface area contributed by atoms with Crippen molar-refractivity contribution in [3.63, 3.8) is 0 Å². The van der Waals surface area contributed by atoms with E-state index < -0.39 is 23.4 Å². The van der Waals surface area contributed by atoms with Crippen LogP contribution in [0.15, 0.2) is 0 Å². The molecule has 1 aliphatic rings. The van der Waals surface area contributed by atoms with Crippen molar-refractivity contribution in [2.24, 2.45) is 11.8 Å². The van der Waals surface area contributed by atoms with E-state index in [0.717, 1.165) is 12.8 Å². The van der Waals surface area contributed by atoms with Crippen molar-refractivity contribution in [2.75, 3.05) is 0 Å². The molecule has 4 heteroatoms. The molecule has 0 aromatic rings. The van der Waals surface area contributed by atoms with Gasteiger partial charge < -0.3 is 9.84 Å². The van der Waals surface area contributed by atoms with E-state index in [1.54, 1.807) is 20.8 Å². The van der Waals surface area contributed by atoms with Gasteiger partial charge in [0.05, 0.1) is 11.8 Å². The van der Waals surface area contributed by atoms with Crippen LogP contribution in [0.5, 0.6) is 0 Å². The first-order valence-corrected chi connectivity index (χ1v) is 6.77. The van der Waals surface area contributed by atoms with Crippen molar-refractivity contribution in [3.8, 4) is 0 Å². The molecule has 4 nitrogen and oxygen atoms in total. The molecular weight excluding hydrogens is 244 g/mol. The maximum absolute atomic E-state index is 11.8. The molecule has 0 bridgehead atoms. The summed E-state index contributed by atoms with van der Waals surface area (Å²) in [6.07, 6.45) is 3.01. The molecule has 0 aliphatic heterocycles. The highest BCUT2D eigenvalue weighted by atomic mass is 16.6. The zero-order valence-electron chi connectivity index (χ0n) is 12.2. The number of hydrogen-bond donors (Lipinski definition) is 1. The number of ether oxygens (including phenoxy) is 1. The second-order valence-corrected chi connectivity index (χ2v) is 5.37. The molecule has 1 rings (SSSR count). The third kappa shape index (κ3) is 7.19. The Morgan fingerprint density at radius 1 is 1.05 bits per heavy atom. The largest absolute Gasteiger partial charge is 0.481 e. The number of carbonyl (C=O) groups excluding carboxylic acids is 1. The Hall–Kier alpha value is -1.06. The molecule has 1 fully saturated rings. The van der Waals surface area contributed by atoms with E-state index in [4.69, 9.17) is 9.84 Å². The van der Waals surface area contributed by atoms with E-state index in [-0.39, 0.29) is 13.4 Å². The highest BCUT2D eigenvalue weighted by Gasteiger charge is 2.38. The third-order valence-electron chi connectivity index (χ3n) is 2.79. The average Bonchev–Trinajstić information content (AvgIpc) is 2.29. The molecule has 0 amide bonds. The molecule has 2 atom stereocenters. The summed E-state index contributed by atoms with van der Waals surface area (Å²) in [4.78, 5) is 22.9. The predicted molar refractivity (Wildman–Crippen MR) is 77.0 cm³/mol. The molecule has 2 unspecified atom stereocenters. The number of carboxylic acid groups (broad SMARTS) is 1. The van der Waals surface area contributed by atoms with E-state index in [1.807, 2.05) is 13.8 Å². The van der Waals surface area contributed by atoms with Crippen LogP contribution >= 0.6 is 0 Å². The first kappa shape index (κ1) is 20.3. The highest BCUT2D eigenvalue weighted by molar-refractivity contribution is 5.81. The second-order valence-electron chi connectivity index (χ2n) is 5.37. The van der Waals surface area contributed by atoms with Crippen molar-refractivity contribution in [1.82, 2.24) is 0 Å². The molecule has 1 saturated carbocycles. The van der Waals surface area contributed by atoms with Crippen molar-refractivity contribution < 1.29 is 19.4 Å². The molecule has 114 valence electrons. The highest BCUT2D eigenvalue weighted by Crippen LogP contribution is 2.32. The van der Waals surface area contributed by atoms with Crippen LogP contribution in [0.1, 0.15) is 67.7 Å². The monoisotopic (exact) mass is 274 g/mol. The Morgan fingerprint density at radius 2 is 1.47 bits per heavy atom. The lowest BCUT2D eigenvalue weighted by Gasteiger charge is -2.30. The summed E-state index contributed by atoms with van der Waals surface area (Å²) in [7, 11) is 0. The molecule has 0 radical (unpaired) electrons. The zero-order valence-corrected chi connectivity index (χ0v) is 12.2. The topological polar surface area (TPSA) is 63.6 Å². The van der Waals surface area contributed by atoms with Gasteiger partial charge in [-0.1, -0.05) is 34.1 Å². The SMILES string of the molecule is C.CC.CC(C)(C)OC(=O)C1CCCCC1C(=O)O. The summed E-state index contributed by atoms with van der Waals surface area (Å²) in [5.74, 6) is -2.27. The van der Waals surface area contributed by atoms with E-state index in [1.165, 1.54) is 0 Å². The third-order valence-corrected chi connectivity index (χ3v) is 2.79. The molecule has 0 spiro atoms. The summed E-state index contributed by atoms with van der Waals surface area (Å²) in [6, 6.07) is 0. The number of aliphatic carboxylic acids is 1. The van der Waals surface area contributed by atoms with E-state index in [0.29, 0.717) is 12.8 Å². The molecular formula is C15H30O4. The summed E-state index contributed by atoms with van der Waals surface area (Å²) in [6.45, 7) is 9.39. The minimum absolute atomic E-state index is 0. The fourth-order valence-electron chi connectivity index (χ4n) is 2.09. The van der Waals surface area contributed by atoms with E-state index >= 15 is 0 Å². The number of hydrogen-bond acceptors (Lipinski definition) is 3. The molecule has 0 aromatic carbocycles. The minimum Gasteiger partial charge on any atom is -0.481 e. The van der Waals surface area contributed by atoms with Crippen LogP contribution in [0, 0.1) is 11.8 Å². The number of rotatable bonds is 2. The molecule has 1 N–H and O–H groups in total. The predicted octanol–water partition coefficient (Wildman–Crippen LogP) is 3.88. The second kappa shape index (κ2) is 8.94.